The minimum atomic E-state index is 1.08. The Hall–Kier alpha value is -1.44. The monoisotopic (exact) mass is 160 g/mol. The van der Waals surface area contributed by atoms with Crippen LogP contribution in [0, 0.1) is 0 Å². The second-order valence-corrected chi connectivity index (χ2v) is 2.89. The average molecular weight is 160 g/mol. The van der Waals surface area contributed by atoms with Crippen LogP contribution in [0.2, 0.25) is 0 Å². The van der Waals surface area contributed by atoms with Gasteiger partial charge in [-0.25, -0.2) is 0 Å². The number of rotatable bonds is 3. The SMILES string of the molecule is c1c[nH]c(CCc2ccc[nH]2)c1. The van der Waals surface area contributed by atoms with E-state index in [1.807, 2.05) is 24.5 Å². The largest absolute Gasteiger partial charge is 0.365 e. The third kappa shape index (κ3) is 1.59. The van der Waals surface area contributed by atoms with Gasteiger partial charge in [-0.05, 0) is 37.1 Å². The molecule has 0 aliphatic rings. The summed E-state index contributed by atoms with van der Waals surface area (Å²) in [5.74, 6) is 0. The third-order valence-corrected chi connectivity index (χ3v) is 1.99. The second kappa shape index (κ2) is 3.30. The number of aryl methyl sites for hydroxylation is 2. The zero-order valence-electron chi connectivity index (χ0n) is 6.88. The number of hydrogen-bond donors (Lipinski definition) is 2. The van der Waals surface area contributed by atoms with Crippen molar-refractivity contribution in [3.05, 3.63) is 48.0 Å². The number of H-pyrrole nitrogens is 2. The molecule has 2 rings (SSSR count). The molecular weight excluding hydrogens is 148 g/mol. The Labute approximate surface area is 71.6 Å². The quantitative estimate of drug-likeness (QED) is 0.689. The van der Waals surface area contributed by atoms with Gasteiger partial charge in [0.25, 0.3) is 0 Å². The van der Waals surface area contributed by atoms with Gasteiger partial charge in [0, 0.05) is 23.8 Å². The molecule has 2 aromatic rings. The lowest BCUT2D eigenvalue weighted by Crippen LogP contribution is -1.90. The molecule has 0 amide bonds. The molecule has 0 aliphatic carbocycles. The molecule has 2 heterocycles. The maximum atomic E-state index is 3.19. The standard InChI is InChI=1S/C10H12N2/c1-3-9(11-7-1)5-6-10-4-2-8-12-10/h1-4,7-8,11-12H,5-6H2. The molecule has 0 radical (unpaired) electrons. The van der Waals surface area contributed by atoms with Crippen molar-refractivity contribution in [1.82, 2.24) is 9.97 Å². The van der Waals surface area contributed by atoms with Crippen molar-refractivity contribution in [2.75, 3.05) is 0 Å². The predicted molar refractivity (Wildman–Crippen MR) is 49.0 cm³/mol. The highest BCUT2D eigenvalue weighted by atomic mass is 14.7. The van der Waals surface area contributed by atoms with Crippen molar-refractivity contribution >= 4 is 0 Å². The minimum absolute atomic E-state index is 1.08. The van der Waals surface area contributed by atoms with Gasteiger partial charge in [0.2, 0.25) is 0 Å². The van der Waals surface area contributed by atoms with E-state index in [0.29, 0.717) is 0 Å². The van der Waals surface area contributed by atoms with E-state index in [9.17, 15) is 0 Å². The summed E-state index contributed by atoms with van der Waals surface area (Å²) < 4.78 is 0. The molecule has 0 saturated heterocycles. The number of aromatic nitrogens is 2. The molecule has 12 heavy (non-hydrogen) atoms. The van der Waals surface area contributed by atoms with Crippen LogP contribution in [-0.2, 0) is 12.8 Å². The van der Waals surface area contributed by atoms with Crippen molar-refractivity contribution in [1.29, 1.82) is 0 Å². The van der Waals surface area contributed by atoms with Gasteiger partial charge in [-0.1, -0.05) is 0 Å². The summed E-state index contributed by atoms with van der Waals surface area (Å²) in [5, 5.41) is 0. The van der Waals surface area contributed by atoms with Crippen LogP contribution in [-0.4, -0.2) is 9.97 Å². The summed E-state index contributed by atoms with van der Waals surface area (Å²) in [6, 6.07) is 8.29. The number of aromatic amines is 2. The summed E-state index contributed by atoms with van der Waals surface area (Å²) in [4.78, 5) is 6.37. The van der Waals surface area contributed by atoms with Gasteiger partial charge < -0.3 is 9.97 Å². The van der Waals surface area contributed by atoms with Crippen LogP contribution in [0.15, 0.2) is 36.7 Å². The Morgan fingerprint density at radius 3 is 1.67 bits per heavy atom. The molecule has 62 valence electrons. The predicted octanol–water partition coefficient (Wildman–Crippen LogP) is 2.13. The number of nitrogens with one attached hydrogen (secondary N) is 2. The maximum Gasteiger partial charge on any atom is 0.0151 e. The molecule has 0 fully saturated rings. The average Bonchev–Trinajstić information content (AvgIpc) is 2.74. The fourth-order valence-corrected chi connectivity index (χ4v) is 1.32. The van der Waals surface area contributed by atoms with E-state index in [4.69, 9.17) is 0 Å². The highest BCUT2D eigenvalue weighted by Crippen LogP contribution is 2.02. The lowest BCUT2D eigenvalue weighted by atomic mass is 10.2. The third-order valence-electron chi connectivity index (χ3n) is 1.99. The first-order chi connectivity index (χ1) is 5.95. The first-order valence-electron chi connectivity index (χ1n) is 4.20. The first-order valence-corrected chi connectivity index (χ1v) is 4.20. The van der Waals surface area contributed by atoms with Crippen molar-refractivity contribution in [3.63, 3.8) is 0 Å². The molecule has 2 N–H and O–H groups in total. The molecule has 0 aliphatic heterocycles. The molecule has 0 aromatic carbocycles. The van der Waals surface area contributed by atoms with E-state index in [2.05, 4.69) is 22.1 Å². The minimum Gasteiger partial charge on any atom is -0.365 e. The van der Waals surface area contributed by atoms with Crippen LogP contribution in [0.5, 0.6) is 0 Å². The zero-order valence-corrected chi connectivity index (χ0v) is 6.88. The molecule has 0 atom stereocenters. The normalized spacial score (nSPS) is 10.3. The summed E-state index contributed by atoms with van der Waals surface area (Å²) >= 11 is 0. The number of hydrogen-bond acceptors (Lipinski definition) is 0. The van der Waals surface area contributed by atoms with Gasteiger partial charge in [0.05, 0.1) is 0 Å². The van der Waals surface area contributed by atoms with E-state index in [-0.39, 0.29) is 0 Å². The molecule has 2 heteroatoms. The van der Waals surface area contributed by atoms with Crippen molar-refractivity contribution < 1.29 is 0 Å². The van der Waals surface area contributed by atoms with Gasteiger partial charge in [0.15, 0.2) is 0 Å². The van der Waals surface area contributed by atoms with Crippen molar-refractivity contribution in [3.8, 4) is 0 Å². The van der Waals surface area contributed by atoms with Gasteiger partial charge in [-0.15, -0.1) is 0 Å². The van der Waals surface area contributed by atoms with Crippen LogP contribution >= 0.6 is 0 Å². The first kappa shape index (κ1) is 7.22. The highest BCUT2D eigenvalue weighted by molar-refractivity contribution is 5.09. The molecule has 2 nitrogen and oxygen atoms in total. The Morgan fingerprint density at radius 2 is 1.33 bits per heavy atom. The van der Waals surface area contributed by atoms with Crippen molar-refractivity contribution in [2.45, 2.75) is 12.8 Å². The zero-order chi connectivity index (χ0) is 8.23. The Kier molecular flexibility index (Phi) is 1.99. The second-order valence-electron chi connectivity index (χ2n) is 2.89. The van der Waals surface area contributed by atoms with E-state index in [1.54, 1.807) is 0 Å². The van der Waals surface area contributed by atoms with E-state index >= 15 is 0 Å². The molecule has 0 unspecified atom stereocenters. The van der Waals surface area contributed by atoms with Crippen LogP contribution in [0.3, 0.4) is 0 Å². The fourth-order valence-electron chi connectivity index (χ4n) is 1.32. The topological polar surface area (TPSA) is 31.6 Å². The van der Waals surface area contributed by atoms with Gasteiger partial charge >= 0.3 is 0 Å². The van der Waals surface area contributed by atoms with Crippen LogP contribution in [0.1, 0.15) is 11.4 Å². The van der Waals surface area contributed by atoms with E-state index < -0.39 is 0 Å². The van der Waals surface area contributed by atoms with Gasteiger partial charge in [-0.3, -0.25) is 0 Å². The van der Waals surface area contributed by atoms with Crippen LogP contribution < -0.4 is 0 Å². The Balaban J connectivity index is 1.91. The Bertz CT molecular complexity index is 271. The molecule has 0 saturated carbocycles. The maximum absolute atomic E-state index is 3.19. The summed E-state index contributed by atoms with van der Waals surface area (Å²) in [7, 11) is 0. The highest BCUT2D eigenvalue weighted by Gasteiger charge is 1.94. The molecular formula is C10H12N2. The molecule has 0 spiro atoms. The summed E-state index contributed by atoms with van der Waals surface area (Å²) in [6.45, 7) is 0. The van der Waals surface area contributed by atoms with E-state index in [0.717, 1.165) is 12.8 Å². The van der Waals surface area contributed by atoms with Crippen LogP contribution in [0.4, 0.5) is 0 Å². The van der Waals surface area contributed by atoms with Gasteiger partial charge in [0.1, 0.15) is 0 Å². The van der Waals surface area contributed by atoms with E-state index in [1.165, 1.54) is 11.4 Å². The van der Waals surface area contributed by atoms with Crippen LogP contribution in [0.25, 0.3) is 0 Å². The lowest BCUT2D eigenvalue weighted by molar-refractivity contribution is 0.898. The lowest BCUT2D eigenvalue weighted by Gasteiger charge is -1.95. The molecule has 2 aromatic heterocycles. The summed E-state index contributed by atoms with van der Waals surface area (Å²) in [6.07, 6.45) is 6.08. The van der Waals surface area contributed by atoms with Crippen molar-refractivity contribution in [2.24, 2.45) is 0 Å². The van der Waals surface area contributed by atoms with Gasteiger partial charge in [-0.2, -0.15) is 0 Å². The smallest absolute Gasteiger partial charge is 0.0151 e. The fraction of sp³-hybridized carbons (Fsp3) is 0.200. The summed E-state index contributed by atoms with van der Waals surface area (Å²) in [5.41, 5.74) is 2.59. The molecule has 0 bridgehead atoms. The Morgan fingerprint density at radius 1 is 0.833 bits per heavy atom.